The van der Waals surface area contributed by atoms with Crippen molar-refractivity contribution in [1.29, 1.82) is 0 Å². The smallest absolute Gasteiger partial charge is 0.322 e. The van der Waals surface area contributed by atoms with E-state index in [0.717, 1.165) is 28.6 Å². The van der Waals surface area contributed by atoms with Gasteiger partial charge in [0.05, 0.1) is 6.26 Å². The van der Waals surface area contributed by atoms with Crippen LogP contribution in [0, 0.1) is 13.8 Å². The number of amides is 2. The number of hydrogen-bond donors (Lipinski definition) is 1. The molecule has 2 rings (SSSR count). The average molecular weight is 391 g/mol. The van der Waals surface area contributed by atoms with Gasteiger partial charge in [-0.2, -0.15) is 8.42 Å². The summed E-state index contributed by atoms with van der Waals surface area (Å²) in [5, 5.41) is 2.99. The molecule has 0 unspecified atom stereocenters. The summed E-state index contributed by atoms with van der Waals surface area (Å²) in [6.45, 7) is 8.10. The van der Waals surface area contributed by atoms with E-state index in [0.29, 0.717) is 6.54 Å². The first-order valence-electron chi connectivity index (χ1n) is 8.69. The van der Waals surface area contributed by atoms with Gasteiger partial charge in [0.1, 0.15) is 5.75 Å². The standard InChI is InChI=1S/C20H26N2O4S/c1-14(2)22(20(23)21-19-15(3)8-6-9-16(19)4)13-17-10-7-11-18(12-17)26-27(5,24)25/h6-12,14H,13H2,1-5H3,(H,21,23). The van der Waals surface area contributed by atoms with Crippen molar-refractivity contribution in [2.45, 2.75) is 40.3 Å². The van der Waals surface area contributed by atoms with E-state index in [1.165, 1.54) is 0 Å². The zero-order chi connectivity index (χ0) is 20.2. The van der Waals surface area contributed by atoms with Crippen molar-refractivity contribution in [2.24, 2.45) is 0 Å². The molecule has 2 amide bonds. The minimum atomic E-state index is -3.60. The Balaban J connectivity index is 2.20. The van der Waals surface area contributed by atoms with Gasteiger partial charge in [-0.1, -0.05) is 30.3 Å². The maximum absolute atomic E-state index is 12.9. The van der Waals surface area contributed by atoms with Crippen LogP contribution in [0.2, 0.25) is 0 Å². The van der Waals surface area contributed by atoms with Crippen LogP contribution in [0.3, 0.4) is 0 Å². The monoisotopic (exact) mass is 390 g/mol. The molecular weight excluding hydrogens is 364 g/mol. The van der Waals surface area contributed by atoms with Crippen LogP contribution in [0.25, 0.3) is 0 Å². The molecule has 0 radical (unpaired) electrons. The number of rotatable bonds is 6. The quantitative estimate of drug-likeness (QED) is 0.754. The summed E-state index contributed by atoms with van der Waals surface area (Å²) in [6.07, 6.45) is 0.998. The third-order valence-corrected chi connectivity index (χ3v) is 4.59. The first kappa shape index (κ1) is 20.8. The van der Waals surface area contributed by atoms with E-state index in [1.807, 2.05) is 52.0 Å². The Kier molecular flexibility index (Phi) is 6.49. The molecule has 2 aromatic rings. The summed E-state index contributed by atoms with van der Waals surface area (Å²) in [7, 11) is -3.60. The van der Waals surface area contributed by atoms with Gasteiger partial charge in [0.2, 0.25) is 0 Å². The predicted octanol–water partition coefficient (Wildman–Crippen LogP) is 4.08. The molecule has 7 heteroatoms. The molecule has 146 valence electrons. The predicted molar refractivity (Wildman–Crippen MR) is 108 cm³/mol. The molecule has 27 heavy (non-hydrogen) atoms. The van der Waals surface area contributed by atoms with Crippen molar-refractivity contribution >= 4 is 21.8 Å². The highest BCUT2D eigenvalue weighted by Crippen LogP contribution is 2.22. The number of carbonyl (C=O) groups is 1. The second-order valence-electron chi connectivity index (χ2n) is 6.85. The Morgan fingerprint density at radius 2 is 1.70 bits per heavy atom. The molecule has 0 saturated carbocycles. The molecule has 0 aliphatic rings. The van der Waals surface area contributed by atoms with Crippen LogP contribution in [-0.4, -0.2) is 31.6 Å². The maximum atomic E-state index is 12.9. The molecular formula is C20H26N2O4S. The first-order chi connectivity index (χ1) is 12.6. The molecule has 0 saturated heterocycles. The third kappa shape index (κ3) is 5.99. The lowest BCUT2D eigenvalue weighted by atomic mass is 10.1. The van der Waals surface area contributed by atoms with E-state index in [-0.39, 0.29) is 17.8 Å². The molecule has 0 aromatic heterocycles. The number of nitrogens with one attached hydrogen (secondary N) is 1. The second kappa shape index (κ2) is 8.43. The normalized spacial score (nSPS) is 11.3. The Morgan fingerprint density at radius 1 is 1.11 bits per heavy atom. The van der Waals surface area contributed by atoms with E-state index in [9.17, 15) is 13.2 Å². The van der Waals surface area contributed by atoms with Gasteiger partial charge >= 0.3 is 16.1 Å². The van der Waals surface area contributed by atoms with Crippen LogP contribution < -0.4 is 9.50 Å². The summed E-state index contributed by atoms with van der Waals surface area (Å²) >= 11 is 0. The van der Waals surface area contributed by atoms with E-state index in [2.05, 4.69) is 5.32 Å². The molecule has 6 nitrogen and oxygen atoms in total. The minimum absolute atomic E-state index is 0.0474. The van der Waals surface area contributed by atoms with Gasteiger partial charge in [0.15, 0.2) is 0 Å². The Morgan fingerprint density at radius 3 is 2.26 bits per heavy atom. The van der Waals surface area contributed by atoms with Crippen molar-refractivity contribution in [3.05, 3.63) is 59.2 Å². The van der Waals surface area contributed by atoms with Crippen LogP contribution >= 0.6 is 0 Å². The minimum Gasteiger partial charge on any atom is -0.383 e. The zero-order valence-electron chi connectivity index (χ0n) is 16.3. The Labute approximate surface area is 161 Å². The van der Waals surface area contributed by atoms with Crippen LogP contribution in [0.15, 0.2) is 42.5 Å². The summed E-state index contributed by atoms with van der Waals surface area (Å²) in [5.74, 6) is 0.230. The molecule has 1 N–H and O–H groups in total. The highest BCUT2D eigenvalue weighted by Gasteiger charge is 2.19. The van der Waals surface area contributed by atoms with Crippen LogP contribution in [-0.2, 0) is 16.7 Å². The van der Waals surface area contributed by atoms with Gasteiger partial charge in [-0.25, -0.2) is 4.79 Å². The number of urea groups is 1. The number of hydrogen-bond acceptors (Lipinski definition) is 4. The molecule has 0 bridgehead atoms. The molecule has 2 aromatic carbocycles. The van der Waals surface area contributed by atoms with Gasteiger partial charge in [-0.3, -0.25) is 0 Å². The average Bonchev–Trinajstić information content (AvgIpc) is 2.54. The molecule has 0 fully saturated rings. The fourth-order valence-electron chi connectivity index (χ4n) is 2.75. The van der Waals surface area contributed by atoms with Gasteiger partial charge in [-0.15, -0.1) is 0 Å². The maximum Gasteiger partial charge on any atom is 0.322 e. The van der Waals surface area contributed by atoms with Crippen molar-refractivity contribution in [1.82, 2.24) is 4.90 Å². The van der Waals surface area contributed by atoms with Crippen LogP contribution in [0.4, 0.5) is 10.5 Å². The molecule has 0 heterocycles. The van der Waals surface area contributed by atoms with Crippen molar-refractivity contribution < 1.29 is 17.4 Å². The largest absolute Gasteiger partial charge is 0.383 e. The fourth-order valence-corrected chi connectivity index (χ4v) is 3.20. The summed E-state index contributed by atoms with van der Waals surface area (Å²) < 4.78 is 27.6. The number of nitrogens with zero attached hydrogens (tertiary/aromatic N) is 1. The molecule has 0 aliphatic heterocycles. The van der Waals surface area contributed by atoms with E-state index in [1.54, 1.807) is 23.1 Å². The van der Waals surface area contributed by atoms with Crippen molar-refractivity contribution in [2.75, 3.05) is 11.6 Å². The van der Waals surface area contributed by atoms with Crippen molar-refractivity contribution in [3.8, 4) is 5.75 Å². The van der Waals surface area contributed by atoms with Gasteiger partial charge in [0, 0.05) is 18.3 Å². The number of benzene rings is 2. The SMILES string of the molecule is Cc1cccc(C)c1NC(=O)N(Cc1cccc(OS(C)(=O)=O)c1)C(C)C. The van der Waals surface area contributed by atoms with Gasteiger partial charge in [0.25, 0.3) is 0 Å². The van der Waals surface area contributed by atoms with Gasteiger partial charge in [-0.05, 0) is 56.5 Å². The summed E-state index contributed by atoms with van der Waals surface area (Å²) in [4.78, 5) is 14.6. The Hall–Kier alpha value is -2.54. The Bertz CT molecular complexity index is 903. The number of anilines is 1. The third-order valence-electron chi connectivity index (χ3n) is 4.10. The molecule has 0 atom stereocenters. The number of carbonyl (C=O) groups excluding carboxylic acids is 1. The zero-order valence-corrected chi connectivity index (χ0v) is 17.1. The first-order valence-corrected chi connectivity index (χ1v) is 10.5. The summed E-state index contributed by atoms with van der Waals surface area (Å²) in [6, 6.07) is 12.3. The topological polar surface area (TPSA) is 75.7 Å². The number of aryl methyl sites for hydroxylation is 2. The van der Waals surface area contributed by atoms with E-state index in [4.69, 9.17) is 4.18 Å². The molecule has 0 aliphatic carbocycles. The highest BCUT2D eigenvalue weighted by atomic mass is 32.2. The van der Waals surface area contributed by atoms with Gasteiger partial charge < -0.3 is 14.4 Å². The van der Waals surface area contributed by atoms with Crippen molar-refractivity contribution in [3.63, 3.8) is 0 Å². The van der Waals surface area contributed by atoms with E-state index >= 15 is 0 Å². The number of para-hydroxylation sites is 1. The fraction of sp³-hybridized carbons (Fsp3) is 0.350. The molecule has 0 spiro atoms. The highest BCUT2D eigenvalue weighted by molar-refractivity contribution is 7.86. The lowest BCUT2D eigenvalue weighted by molar-refractivity contribution is 0.193. The lowest BCUT2D eigenvalue weighted by Crippen LogP contribution is -2.39. The van der Waals surface area contributed by atoms with E-state index < -0.39 is 10.1 Å². The van der Waals surface area contributed by atoms with Crippen LogP contribution in [0.1, 0.15) is 30.5 Å². The lowest BCUT2D eigenvalue weighted by Gasteiger charge is -2.28. The second-order valence-corrected chi connectivity index (χ2v) is 8.43. The summed E-state index contributed by atoms with van der Waals surface area (Å²) in [5.41, 5.74) is 3.58. The van der Waals surface area contributed by atoms with Crippen LogP contribution in [0.5, 0.6) is 5.75 Å².